The standard InChI is InChI=1S/C38H58N4O8/c1-9-11-17-31(44)26(8)32(45)22-34(46)40-35(24(5)6)36(47)39-30(21-27-14-12-15-28(43)20-27)37(48)42-18-13-16-29(41-42)38(49)50-33(10-2)25(7)19-23(3)4/h9,11-12,14-15,17,19-20,23-24,26,29-33,35,41,43-45H,1,10,13,16,18,21-22H2,2-8H3,(H,39,47)(H,40,46)/b17-11+,25-19+/t26?,29-,30-,31+,32-,33-,35-/m0/s1. The summed E-state index contributed by atoms with van der Waals surface area (Å²) in [6.07, 6.45) is 5.22. The number of nitrogens with zero attached hydrogens (tertiary/aromatic N) is 1. The number of benzene rings is 1. The van der Waals surface area contributed by atoms with Crippen LogP contribution in [0.3, 0.4) is 0 Å². The molecule has 1 aromatic carbocycles. The lowest BCUT2D eigenvalue weighted by Gasteiger charge is -2.36. The average molecular weight is 699 g/mol. The van der Waals surface area contributed by atoms with Gasteiger partial charge in [0.05, 0.1) is 18.6 Å². The summed E-state index contributed by atoms with van der Waals surface area (Å²) in [5, 5.41) is 37.7. The van der Waals surface area contributed by atoms with Crippen LogP contribution in [-0.4, -0.2) is 87.0 Å². The summed E-state index contributed by atoms with van der Waals surface area (Å²) < 4.78 is 5.85. The highest BCUT2D eigenvalue weighted by molar-refractivity contribution is 5.92. The summed E-state index contributed by atoms with van der Waals surface area (Å²) in [7, 11) is 0. The second-order valence-electron chi connectivity index (χ2n) is 13.8. The third kappa shape index (κ3) is 13.4. The minimum atomic E-state index is -1.19. The summed E-state index contributed by atoms with van der Waals surface area (Å²) in [5.41, 5.74) is 4.56. The van der Waals surface area contributed by atoms with E-state index >= 15 is 0 Å². The minimum Gasteiger partial charge on any atom is -0.508 e. The van der Waals surface area contributed by atoms with Crippen LogP contribution in [0, 0.1) is 17.8 Å². The number of aliphatic hydroxyl groups excluding tert-OH is 2. The molecule has 0 aromatic heterocycles. The fraction of sp³-hybridized carbons (Fsp3) is 0.579. The van der Waals surface area contributed by atoms with E-state index in [0.717, 1.165) is 5.57 Å². The van der Waals surface area contributed by atoms with Gasteiger partial charge in [0.1, 0.15) is 30.0 Å². The van der Waals surface area contributed by atoms with Gasteiger partial charge < -0.3 is 30.7 Å². The molecule has 0 bridgehead atoms. The summed E-state index contributed by atoms with van der Waals surface area (Å²) in [6.45, 7) is 16.9. The van der Waals surface area contributed by atoms with Gasteiger partial charge in [0, 0.05) is 18.9 Å². The maximum absolute atomic E-state index is 14.0. The Morgan fingerprint density at radius 1 is 1.12 bits per heavy atom. The predicted molar refractivity (Wildman–Crippen MR) is 192 cm³/mol. The molecule has 0 saturated carbocycles. The molecule has 2 rings (SSSR count). The van der Waals surface area contributed by atoms with Crippen LogP contribution in [0.4, 0.5) is 0 Å². The van der Waals surface area contributed by atoms with Crippen molar-refractivity contribution in [1.82, 2.24) is 21.1 Å². The average Bonchev–Trinajstić information content (AvgIpc) is 3.06. The molecule has 0 aliphatic carbocycles. The molecule has 278 valence electrons. The van der Waals surface area contributed by atoms with E-state index in [1.807, 2.05) is 13.8 Å². The van der Waals surface area contributed by atoms with E-state index in [1.165, 1.54) is 29.3 Å². The van der Waals surface area contributed by atoms with Crippen LogP contribution in [0.2, 0.25) is 0 Å². The molecule has 0 spiro atoms. The lowest BCUT2D eigenvalue weighted by atomic mass is 9.94. The second-order valence-corrected chi connectivity index (χ2v) is 13.8. The quantitative estimate of drug-likeness (QED) is 0.0761. The number of phenols is 1. The molecule has 1 aliphatic heterocycles. The normalized spacial score (nSPS) is 19.0. The molecule has 1 heterocycles. The third-order valence-corrected chi connectivity index (χ3v) is 8.69. The van der Waals surface area contributed by atoms with Gasteiger partial charge in [-0.3, -0.25) is 24.2 Å². The van der Waals surface area contributed by atoms with Crippen molar-refractivity contribution in [2.75, 3.05) is 6.54 Å². The topological polar surface area (TPSA) is 178 Å². The van der Waals surface area contributed by atoms with Crippen molar-refractivity contribution in [2.24, 2.45) is 17.8 Å². The molecule has 12 nitrogen and oxygen atoms in total. The molecule has 1 aliphatic rings. The molecule has 1 unspecified atom stereocenters. The molecule has 3 amide bonds. The maximum atomic E-state index is 14.0. The molecular weight excluding hydrogens is 640 g/mol. The number of hydrogen-bond donors (Lipinski definition) is 6. The number of hydrogen-bond acceptors (Lipinski definition) is 9. The Morgan fingerprint density at radius 3 is 2.42 bits per heavy atom. The van der Waals surface area contributed by atoms with Crippen molar-refractivity contribution in [1.29, 1.82) is 0 Å². The van der Waals surface area contributed by atoms with E-state index in [2.05, 4.69) is 42.6 Å². The van der Waals surface area contributed by atoms with Gasteiger partial charge in [0.2, 0.25) is 11.8 Å². The van der Waals surface area contributed by atoms with E-state index in [1.54, 1.807) is 39.0 Å². The van der Waals surface area contributed by atoms with Gasteiger partial charge in [-0.15, -0.1) is 0 Å². The summed E-state index contributed by atoms with van der Waals surface area (Å²) in [5.74, 6) is -2.95. The molecular formula is C38H58N4O8. The van der Waals surface area contributed by atoms with Crippen molar-refractivity contribution >= 4 is 23.7 Å². The zero-order valence-electron chi connectivity index (χ0n) is 30.6. The number of nitrogens with one attached hydrogen (secondary N) is 3. The van der Waals surface area contributed by atoms with Crippen LogP contribution >= 0.6 is 0 Å². The first-order chi connectivity index (χ1) is 23.6. The highest BCUT2D eigenvalue weighted by Crippen LogP contribution is 2.19. The van der Waals surface area contributed by atoms with Crippen LogP contribution in [0.1, 0.15) is 79.7 Å². The van der Waals surface area contributed by atoms with Gasteiger partial charge in [-0.2, -0.15) is 0 Å². The number of aromatic hydroxyl groups is 1. The fourth-order valence-electron chi connectivity index (χ4n) is 5.78. The van der Waals surface area contributed by atoms with Gasteiger partial charge in [0.15, 0.2) is 0 Å². The number of ether oxygens (including phenoxy) is 1. The Bertz CT molecular complexity index is 1360. The number of carbonyl (C=O) groups is 4. The highest BCUT2D eigenvalue weighted by Gasteiger charge is 2.36. The van der Waals surface area contributed by atoms with Gasteiger partial charge >= 0.3 is 5.97 Å². The number of hydrazine groups is 1. The first kappa shape index (κ1) is 42.2. The first-order valence-corrected chi connectivity index (χ1v) is 17.6. The van der Waals surface area contributed by atoms with E-state index < -0.39 is 65.9 Å². The molecule has 6 N–H and O–H groups in total. The summed E-state index contributed by atoms with van der Waals surface area (Å²) in [4.78, 5) is 54.0. The van der Waals surface area contributed by atoms with Crippen molar-refractivity contribution in [3.05, 3.63) is 66.3 Å². The summed E-state index contributed by atoms with van der Waals surface area (Å²) >= 11 is 0. The van der Waals surface area contributed by atoms with Crippen LogP contribution in [0.15, 0.2) is 60.7 Å². The van der Waals surface area contributed by atoms with Crippen molar-refractivity contribution in [2.45, 2.75) is 117 Å². The van der Waals surface area contributed by atoms with Crippen LogP contribution in [-0.2, 0) is 30.3 Å². The zero-order valence-corrected chi connectivity index (χ0v) is 30.6. The zero-order chi connectivity index (χ0) is 37.5. The molecule has 1 fully saturated rings. The minimum absolute atomic E-state index is 0.00331. The molecule has 1 aromatic rings. The van der Waals surface area contributed by atoms with Gasteiger partial charge in [0.25, 0.3) is 5.91 Å². The van der Waals surface area contributed by atoms with Gasteiger partial charge in [-0.25, -0.2) is 5.43 Å². The largest absolute Gasteiger partial charge is 0.508 e. The molecule has 50 heavy (non-hydrogen) atoms. The van der Waals surface area contributed by atoms with E-state index in [0.29, 0.717) is 30.7 Å². The number of allylic oxidation sites excluding steroid dienone is 3. The monoisotopic (exact) mass is 698 g/mol. The molecule has 7 atom stereocenters. The number of amides is 3. The smallest absolute Gasteiger partial charge is 0.325 e. The Hall–Kier alpha value is -4.00. The van der Waals surface area contributed by atoms with Gasteiger partial charge in [-0.1, -0.05) is 84.6 Å². The number of carbonyl (C=O) groups excluding carboxylic acids is 4. The highest BCUT2D eigenvalue weighted by atomic mass is 16.5. The Kier molecular flexibility index (Phi) is 17.4. The Balaban J connectivity index is 2.23. The Morgan fingerprint density at radius 2 is 1.82 bits per heavy atom. The lowest BCUT2D eigenvalue weighted by Crippen LogP contribution is -2.62. The number of aliphatic hydroxyl groups is 2. The van der Waals surface area contributed by atoms with Crippen molar-refractivity contribution in [3.63, 3.8) is 0 Å². The first-order valence-electron chi connectivity index (χ1n) is 17.6. The maximum Gasteiger partial charge on any atom is 0.325 e. The second kappa shape index (κ2) is 20.6. The molecule has 12 heteroatoms. The summed E-state index contributed by atoms with van der Waals surface area (Å²) in [6, 6.07) is 3.40. The predicted octanol–water partition coefficient (Wildman–Crippen LogP) is 3.47. The van der Waals surface area contributed by atoms with Crippen LogP contribution in [0.5, 0.6) is 5.75 Å². The number of rotatable bonds is 18. The van der Waals surface area contributed by atoms with Crippen LogP contribution < -0.4 is 16.1 Å². The number of esters is 1. The van der Waals surface area contributed by atoms with E-state index in [4.69, 9.17) is 4.74 Å². The SMILES string of the molecule is C=C/C=C/[C@@H](O)C(C)[C@@H](O)CC(=O)N[C@H](C(=O)N[C@@H](Cc1cccc(O)c1)C(=O)N1CCC[C@@H](C(=O)O[C@@H](CC)/C(C)=C/C(C)C)N1)C(C)C. The van der Waals surface area contributed by atoms with Crippen LogP contribution in [0.25, 0.3) is 0 Å². The van der Waals surface area contributed by atoms with Crippen molar-refractivity contribution in [3.8, 4) is 5.75 Å². The fourth-order valence-corrected chi connectivity index (χ4v) is 5.78. The van der Waals surface area contributed by atoms with Gasteiger partial charge in [-0.05, 0) is 61.3 Å². The van der Waals surface area contributed by atoms with E-state index in [9.17, 15) is 34.5 Å². The lowest BCUT2D eigenvalue weighted by molar-refractivity contribution is -0.156. The Labute approximate surface area is 297 Å². The molecule has 1 saturated heterocycles. The number of phenolic OH excluding ortho intramolecular Hbond substituents is 1. The molecule has 0 radical (unpaired) electrons. The van der Waals surface area contributed by atoms with Crippen molar-refractivity contribution < 1.29 is 39.2 Å². The van der Waals surface area contributed by atoms with E-state index in [-0.39, 0.29) is 31.2 Å². The third-order valence-electron chi connectivity index (χ3n) is 8.69.